The minimum absolute atomic E-state index is 0.0791. The first-order valence-corrected chi connectivity index (χ1v) is 9.00. The van der Waals surface area contributed by atoms with Crippen molar-refractivity contribution in [1.29, 1.82) is 0 Å². The summed E-state index contributed by atoms with van der Waals surface area (Å²) < 4.78 is 6.80. The average molecular weight is 350 g/mol. The van der Waals surface area contributed by atoms with Crippen LogP contribution < -0.4 is 10.9 Å². The predicted molar refractivity (Wildman–Crippen MR) is 92.7 cm³/mol. The van der Waals surface area contributed by atoms with Gasteiger partial charge in [-0.3, -0.25) is 18.9 Å². The molecule has 7 nitrogen and oxygen atoms in total. The molecule has 1 N–H and O–H groups in total. The molecule has 1 fully saturated rings. The van der Waals surface area contributed by atoms with Crippen LogP contribution in [0.4, 0.5) is 0 Å². The number of nitrogens with one attached hydrogen (secondary N) is 1. The quantitative estimate of drug-likeness (QED) is 0.865. The number of nitrogens with zero attached hydrogens (tertiary/aromatic N) is 3. The van der Waals surface area contributed by atoms with Gasteiger partial charge in [-0.05, 0) is 5.92 Å². The van der Waals surface area contributed by atoms with E-state index in [2.05, 4.69) is 29.0 Å². The van der Waals surface area contributed by atoms with Crippen LogP contribution in [0.3, 0.4) is 0 Å². The Bertz CT molecular complexity index is 764. The Labute approximate surface area is 144 Å². The summed E-state index contributed by atoms with van der Waals surface area (Å²) in [5.41, 5.74) is -0.249. The maximum Gasteiger partial charge on any atom is 0.271 e. The molecule has 1 atom stereocenters. The van der Waals surface area contributed by atoms with Crippen LogP contribution >= 0.6 is 11.3 Å². The second-order valence-corrected chi connectivity index (χ2v) is 7.08. The number of aromatic nitrogens is 2. The largest absolute Gasteiger partial charge is 0.379 e. The number of carbonyl (C=O) groups excluding carboxylic acids is 1. The first kappa shape index (κ1) is 17.1. The van der Waals surface area contributed by atoms with Gasteiger partial charge in [0, 0.05) is 43.4 Å². The second-order valence-electron chi connectivity index (χ2n) is 6.20. The van der Waals surface area contributed by atoms with Gasteiger partial charge in [-0.15, -0.1) is 11.3 Å². The van der Waals surface area contributed by atoms with Crippen LogP contribution in [0.5, 0.6) is 0 Å². The molecule has 1 unspecified atom stereocenters. The molecule has 8 heteroatoms. The lowest BCUT2D eigenvalue weighted by Gasteiger charge is -2.36. The zero-order chi connectivity index (χ0) is 17.1. The van der Waals surface area contributed by atoms with E-state index < -0.39 is 0 Å². The normalized spacial score (nSPS) is 17.3. The molecule has 0 bridgehead atoms. The maximum atomic E-state index is 12.4. The van der Waals surface area contributed by atoms with Crippen LogP contribution in [0, 0.1) is 5.92 Å². The molecule has 0 spiro atoms. The molecule has 24 heavy (non-hydrogen) atoms. The Balaban J connectivity index is 1.70. The van der Waals surface area contributed by atoms with Crippen LogP contribution in [0.25, 0.3) is 4.96 Å². The van der Waals surface area contributed by atoms with Crippen molar-refractivity contribution in [3.05, 3.63) is 33.7 Å². The molecule has 1 saturated heterocycles. The monoisotopic (exact) mass is 350 g/mol. The number of thiazole rings is 1. The third kappa shape index (κ3) is 3.50. The maximum absolute atomic E-state index is 12.4. The van der Waals surface area contributed by atoms with Crippen molar-refractivity contribution in [2.75, 3.05) is 32.8 Å². The summed E-state index contributed by atoms with van der Waals surface area (Å²) in [6, 6.07) is 0.221. The number of hydrogen-bond donors (Lipinski definition) is 1. The highest BCUT2D eigenvalue weighted by Crippen LogP contribution is 2.12. The van der Waals surface area contributed by atoms with Crippen LogP contribution in [0.2, 0.25) is 0 Å². The minimum Gasteiger partial charge on any atom is -0.379 e. The van der Waals surface area contributed by atoms with Gasteiger partial charge in [0.25, 0.3) is 11.5 Å². The average Bonchev–Trinajstić information content (AvgIpc) is 3.05. The Hall–Kier alpha value is -1.77. The lowest BCUT2D eigenvalue weighted by Crippen LogP contribution is -2.51. The molecular weight excluding hydrogens is 328 g/mol. The molecule has 1 amide bonds. The van der Waals surface area contributed by atoms with E-state index >= 15 is 0 Å². The van der Waals surface area contributed by atoms with E-state index in [1.807, 2.05) is 0 Å². The van der Waals surface area contributed by atoms with Crippen LogP contribution in [-0.4, -0.2) is 59.1 Å². The Morgan fingerprint density at radius 1 is 1.42 bits per heavy atom. The highest BCUT2D eigenvalue weighted by Gasteiger charge is 2.25. The number of ether oxygens (including phenoxy) is 1. The third-order valence-electron chi connectivity index (χ3n) is 4.34. The van der Waals surface area contributed by atoms with Crippen molar-refractivity contribution in [1.82, 2.24) is 19.6 Å². The summed E-state index contributed by atoms with van der Waals surface area (Å²) in [6.45, 7) is 7.95. The van der Waals surface area contributed by atoms with Gasteiger partial charge in [-0.1, -0.05) is 13.8 Å². The summed E-state index contributed by atoms with van der Waals surface area (Å²) in [4.78, 5) is 31.9. The standard InChI is InChI=1S/C16H22N4O3S/c1-11(2)13(19-3-6-23-7-4-19)10-17-14(21)12-9-18-16-20(15(12)22)5-8-24-16/h5,8-9,11,13H,3-4,6-7,10H2,1-2H3,(H,17,21). The van der Waals surface area contributed by atoms with Gasteiger partial charge < -0.3 is 10.1 Å². The van der Waals surface area contributed by atoms with Crippen molar-refractivity contribution >= 4 is 22.2 Å². The lowest BCUT2D eigenvalue weighted by molar-refractivity contribution is 0.00672. The van der Waals surface area contributed by atoms with E-state index in [4.69, 9.17) is 4.74 Å². The second kappa shape index (κ2) is 7.42. The van der Waals surface area contributed by atoms with Gasteiger partial charge >= 0.3 is 0 Å². The number of rotatable bonds is 5. The van der Waals surface area contributed by atoms with Gasteiger partial charge in [0.05, 0.1) is 13.2 Å². The molecule has 0 aliphatic carbocycles. The van der Waals surface area contributed by atoms with Gasteiger partial charge in [0.15, 0.2) is 4.96 Å². The third-order valence-corrected chi connectivity index (χ3v) is 5.11. The first-order chi connectivity index (χ1) is 11.6. The minimum atomic E-state index is -0.369. The number of morpholine rings is 1. The Morgan fingerprint density at radius 2 is 2.17 bits per heavy atom. The van der Waals surface area contributed by atoms with E-state index in [0.717, 1.165) is 26.3 Å². The fourth-order valence-corrected chi connectivity index (χ4v) is 3.64. The molecule has 0 saturated carbocycles. The van der Waals surface area contributed by atoms with Crippen LogP contribution in [0.15, 0.2) is 22.6 Å². The van der Waals surface area contributed by atoms with E-state index in [1.165, 1.54) is 21.9 Å². The molecule has 130 valence electrons. The number of carbonyl (C=O) groups is 1. The zero-order valence-electron chi connectivity index (χ0n) is 13.9. The topological polar surface area (TPSA) is 75.9 Å². The van der Waals surface area contributed by atoms with Crippen molar-refractivity contribution in [2.24, 2.45) is 5.92 Å². The van der Waals surface area contributed by atoms with Crippen molar-refractivity contribution in [2.45, 2.75) is 19.9 Å². The van der Waals surface area contributed by atoms with Crippen LogP contribution in [-0.2, 0) is 4.74 Å². The van der Waals surface area contributed by atoms with Gasteiger partial charge in [0.2, 0.25) is 0 Å². The molecule has 1 aliphatic heterocycles. The molecule has 0 radical (unpaired) electrons. The number of hydrogen-bond acceptors (Lipinski definition) is 6. The highest BCUT2D eigenvalue weighted by atomic mass is 32.1. The summed E-state index contributed by atoms with van der Waals surface area (Å²) in [5, 5.41) is 4.68. The Morgan fingerprint density at radius 3 is 2.88 bits per heavy atom. The SMILES string of the molecule is CC(C)C(CNC(=O)c1cnc2sccn2c1=O)N1CCOCC1. The molecule has 2 aromatic rings. The van der Waals surface area contributed by atoms with Crippen molar-refractivity contribution in [3.63, 3.8) is 0 Å². The zero-order valence-corrected chi connectivity index (χ0v) is 14.7. The summed E-state index contributed by atoms with van der Waals surface area (Å²) in [5.74, 6) is 0.0222. The molecule has 3 heterocycles. The summed E-state index contributed by atoms with van der Waals surface area (Å²) >= 11 is 1.36. The smallest absolute Gasteiger partial charge is 0.271 e. The van der Waals surface area contributed by atoms with E-state index in [1.54, 1.807) is 11.6 Å². The van der Waals surface area contributed by atoms with Gasteiger partial charge in [0.1, 0.15) is 5.56 Å². The van der Waals surface area contributed by atoms with E-state index in [9.17, 15) is 9.59 Å². The van der Waals surface area contributed by atoms with Crippen molar-refractivity contribution in [3.8, 4) is 0 Å². The molecule has 0 aromatic carbocycles. The van der Waals surface area contributed by atoms with E-state index in [-0.39, 0.29) is 23.1 Å². The molecule has 3 rings (SSSR count). The predicted octanol–water partition coefficient (Wildman–Crippen LogP) is 0.843. The summed E-state index contributed by atoms with van der Waals surface area (Å²) in [6.07, 6.45) is 3.00. The highest BCUT2D eigenvalue weighted by molar-refractivity contribution is 7.15. The van der Waals surface area contributed by atoms with E-state index in [0.29, 0.717) is 17.4 Å². The number of amides is 1. The fraction of sp³-hybridized carbons (Fsp3) is 0.562. The molecule has 1 aliphatic rings. The fourth-order valence-electron chi connectivity index (χ4n) is 2.97. The van der Waals surface area contributed by atoms with Gasteiger partial charge in [-0.25, -0.2) is 4.98 Å². The molecule has 2 aromatic heterocycles. The lowest BCUT2D eigenvalue weighted by atomic mass is 10.0. The molecular formula is C16H22N4O3S. The van der Waals surface area contributed by atoms with Gasteiger partial charge in [-0.2, -0.15) is 0 Å². The van der Waals surface area contributed by atoms with Crippen LogP contribution in [0.1, 0.15) is 24.2 Å². The van der Waals surface area contributed by atoms with Crippen molar-refractivity contribution < 1.29 is 9.53 Å². The first-order valence-electron chi connectivity index (χ1n) is 8.13. The number of fused-ring (bicyclic) bond motifs is 1. The summed E-state index contributed by atoms with van der Waals surface area (Å²) in [7, 11) is 0. The Kier molecular flexibility index (Phi) is 5.27.